The van der Waals surface area contributed by atoms with E-state index in [1.54, 1.807) is 0 Å². The van der Waals surface area contributed by atoms with Crippen molar-refractivity contribution < 1.29 is 0 Å². The molecule has 1 heterocycles. The van der Waals surface area contributed by atoms with E-state index in [-0.39, 0.29) is 0 Å². The van der Waals surface area contributed by atoms with Gasteiger partial charge in [-0.3, -0.25) is 0 Å². The van der Waals surface area contributed by atoms with Crippen LogP contribution in [0, 0.1) is 6.92 Å². The van der Waals surface area contributed by atoms with Crippen LogP contribution in [0.5, 0.6) is 0 Å². The first-order valence-electron chi connectivity index (χ1n) is 5.12. The lowest BCUT2D eigenvalue weighted by Crippen LogP contribution is -1.86. The number of anilines is 1. The molecular weight excluding hydrogens is 186 g/mol. The Labute approximate surface area is 89.4 Å². The van der Waals surface area contributed by atoms with Crippen LogP contribution in [0.1, 0.15) is 18.3 Å². The Hall–Kier alpha value is -1.77. The highest BCUT2D eigenvalue weighted by atomic mass is 14.9. The van der Waals surface area contributed by atoms with Crippen molar-refractivity contribution >= 4 is 5.69 Å². The van der Waals surface area contributed by atoms with Gasteiger partial charge in [0.25, 0.3) is 0 Å². The van der Waals surface area contributed by atoms with Crippen LogP contribution in [-0.2, 0) is 6.42 Å². The Kier molecular flexibility index (Phi) is 2.46. The van der Waals surface area contributed by atoms with Gasteiger partial charge in [0.15, 0.2) is 0 Å². The first-order chi connectivity index (χ1) is 7.20. The highest BCUT2D eigenvalue weighted by Gasteiger charge is 2.06. The van der Waals surface area contributed by atoms with E-state index in [0.717, 1.165) is 34.9 Å². The van der Waals surface area contributed by atoms with Crippen LogP contribution in [-0.4, -0.2) is 9.97 Å². The summed E-state index contributed by atoms with van der Waals surface area (Å²) in [6.07, 6.45) is 0.949. The van der Waals surface area contributed by atoms with Crippen LogP contribution >= 0.6 is 0 Å². The Morgan fingerprint density at radius 1 is 1.40 bits per heavy atom. The second-order valence-corrected chi connectivity index (χ2v) is 3.64. The summed E-state index contributed by atoms with van der Waals surface area (Å²) >= 11 is 0. The number of aromatic nitrogens is 2. The number of nitrogens with one attached hydrogen (secondary N) is 1. The molecule has 0 radical (unpaired) electrons. The monoisotopic (exact) mass is 201 g/mol. The molecule has 0 aliphatic rings. The third kappa shape index (κ3) is 1.86. The van der Waals surface area contributed by atoms with E-state index in [2.05, 4.69) is 16.9 Å². The van der Waals surface area contributed by atoms with Gasteiger partial charge in [0.1, 0.15) is 5.82 Å². The molecule has 3 N–H and O–H groups in total. The fraction of sp³-hybridized carbons (Fsp3) is 0.250. The van der Waals surface area contributed by atoms with E-state index < -0.39 is 0 Å². The summed E-state index contributed by atoms with van der Waals surface area (Å²) in [6.45, 7) is 4.15. The van der Waals surface area contributed by atoms with Gasteiger partial charge in [-0.2, -0.15) is 0 Å². The summed E-state index contributed by atoms with van der Waals surface area (Å²) in [5.41, 5.74) is 9.79. The number of nitrogens with zero attached hydrogens (tertiary/aromatic N) is 1. The Balaban J connectivity index is 2.45. The molecule has 0 amide bonds. The quantitative estimate of drug-likeness (QED) is 0.733. The van der Waals surface area contributed by atoms with Gasteiger partial charge >= 0.3 is 0 Å². The van der Waals surface area contributed by atoms with Crippen molar-refractivity contribution in [1.82, 2.24) is 9.97 Å². The minimum absolute atomic E-state index is 0.764. The van der Waals surface area contributed by atoms with E-state index >= 15 is 0 Å². The van der Waals surface area contributed by atoms with E-state index in [9.17, 15) is 0 Å². The van der Waals surface area contributed by atoms with Crippen LogP contribution in [0.2, 0.25) is 0 Å². The highest BCUT2D eigenvalue weighted by molar-refractivity contribution is 5.61. The van der Waals surface area contributed by atoms with Crippen LogP contribution in [0.4, 0.5) is 5.69 Å². The largest absolute Gasteiger partial charge is 0.399 e. The number of hydrogen-bond donors (Lipinski definition) is 2. The summed E-state index contributed by atoms with van der Waals surface area (Å²) in [7, 11) is 0. The lowest BCUT2D eigenvalue weighted by atomic mass is 10.2. The number of nitrogens with two attached hydrogens (primary N) is 1. The lowest BCUT2D eigenvalue weighted by molar-refractivity contribution is 1.04. The Bertz CT molecular complexity index is 471. The summed E-state index contributed by atoms with van der Waals surface area (Å²) in [4.78, 5) is 7.80. The third-order valence-corrected chi connectivity index (χ3v) is 2.48. The standard InChI is InChI=1S/C12H15N3/c1-3-11-8(2)14-12(15-11)9-5-4-6-10(13)7-9/h4-7H,3,13H2,1-2H3,(H,14,15). The number of aryl methyl sites for hydroxylation is 2. The van der Waals surface area contributed by atoms with Gasteiger partial charge in [-0.1, -0.05) is 19.1 Å². The zero-order valence-electron chi connectivity index (χ0n) is 9.04. The predicted molar refractivity (Wildman–Crippen MR) is 62.6 cm³/mol. The van der Waals surface area contributed by atoms with Gasteiger partial charge in [0, 0.05) is 16.9 Å². The molecule has 78 valence electrons. The van der Waals surface area contributed by atoms with Crippen molar-refractivity contribution in [3.8, 4) is 11.4 Å². The number of H-pyrrole nitrogens is 1. The molecule has 0 aliphatic carbocycles. The van der Waals surface area contributed by atoms with Crippen LogP contribution in [0.15, 0.2) is 24.3 Å². The van der Waals surface area contributed by atoms with Gasteiger partial charge in [-0.15, -0.1) is 0 Å². The molecule has 0 unspecified atom stereocenters. The maximum Gasteiger partial charge on any atom is 0.137 e. The topological polar surface area (TPSA) is 54.7 Å². The average Bonchev–Trinajstić information content (AvgIpc) is 2.60. The summed E-state index contributed by atoms with van der Waals surface area (Å²) in [6, 6.07) is 7.75. The van der Waals surface area contributed by atoms with Crippen molar-refractivity contribution in [2.75, 3.05) is 5.73 Å². The van der Waals surface area contributed by atoms with Crippen LogP contribution < -0.4 is 5.73 Å². The molecule has 2 aromatic rings. The molecule has 3 nitrogen and oxygen atoms in total. The van der Waals surface area contributed by atoms with Crippen LogP contribution in [0.25, 0.3) is 11.4 Å². The highest BCUT2D eigenvalue weighted by Crippen LogP contribution is 2.20. The van der Waals surface area contributed by atoms with Crippen molar-refractivity contribution in [3.63, 3.8) is 0 Å². The van der Waals surface area contributed by atoms with Crippen molar-refractivity contribution in [1.29, 1.82) is 0 Å². The summed E-state index contributed by atoms with van der Waals surface area (Å²) in [5.74, 6) is 0.900. The molecular formula is C12H15N3. The second-order valence-electron chi connectivity index (χ2n) is 3.64. The first kappa shape index (κ1) is 9.77. The number of rotatable bonds is 2. The first-order valence-corrected chi connectivity index (χ1v) is 5.12. The van der Waals surface area contributed by atoms with Crippen molar-refractivity contribution in [2.24, 2.45) is 0 Å². The Morgan fingerprint density at radius 2 is 2.20 bits per heavy atom. The normalized spacial score (nSPS) is 10.5. The molecule has 0 saturated carbocycles. The zero-order chi connectivity index (χ0) is 10.8. The maximum absolute atomic E-state index is 5.73. The van der Waals surface area contributed by atoms with Gasteiger partial charge in [0.05, 0.1) is 5.69 Å². The minimum Gasteiger partial charge on any atom is -0.399 e. The third-order valence-electron chi connectivity index (χ3n) is 2.48. The molecule has 0 saturated heterocycles. The molecule has 0 fully saturated rings. The average molecular weight is 201 g/mol. The fourth-order valence-corrected chi connectivity index (χ4v) is 1.66. The minimum atomic E-state index is 0.764. The molecule has 15 heavy (non-hydrogen) atoms. The zero-order valence-corrected chi connectivity index (χ0v) is 9.04. The Morgan fingerprint density at radius 3 is 2.80 bits per heavy atom. The lowest BCUT2D eigenvalue weighted by Gasteiger charge is -1.97. The van der Waals surface area contributed by atoms with Gasteiger partial charge in [0.2, 0.25) is 0 Å². The van der Waals surface area contributed by atoms with E-state index in [4.69, 9.17) is 5.73 Å². The molecule has 3 heteroatoms. The summed E-state index contributed by atoms with van der Waals surface area (Å²) < 4.78 is 0. The molecule has 0 aliphatic heterocycles. The second kappa shape index (κ2) is 3.77. The van der Waals surface area contributed by atoms with Gasteiger partial charge in [-0.05, 0) is 25.5 Å². The number of nitrogen functional groups attached to an aromatic ring is 1. The number of benzene rings is 1. The SMILES string of the molecule is CCc1nc(-c2cccc(N)c2)[nH]c1C. The van der Waals surface area contributed by atoms with Crippen molar-refractivity contribution in [2.45, 2.75) is 20.3 Å². The van der Waals surface area contributed by atoms with Gasteiger partial charge < -0.3 is 10.7 Å². The molecule has 0 atom stereocenters. The smallest absolute Gasteiger partial charge is 0.137 e. The predicted octanol–water partition coefficient (Wildman–Crippen LogP) is 2.53. The maximum atomic E-state index is 5.73. The molecule has 1 aromatic carbocycles. The molecule has 0 bridgehead atoms. The van der Waals surface area contributed by atoms with Gasteiger partial charge in [-0.25, -0.2) is 4.98 Å². The van der Waals surface area contributed by atoms with Crippen LogP contribution in [0.3, 0.4) is 0 Å². The summed E-state index contributed by atoms with van der Waals surface area (Å²) in [5, 5.41) is 0. The molecule has 0 spiro atoms. The van der Waals surface area contributed by atoms with E-state index in [1.807, 2.05) is 31.2 Å². The molecule has 1 aromatic heterocycles. The number of hydrogen-bond acceptors (Lipinski definition) is 2. The van der Waals surface area contributed by atoms with E-state index in [1.165, 1.54) is 0 Å². The van der Waals surface area contributed by atoms with Crippen molar-refractivity contribution in [3.05, 3.63) is 35.7 Å². The fourth-order valence-electron chi connectivity index (χ4n) is 1.66. The number of imidazole rings is 1. The van der Waals surface area contributed by atoms with E-state index in [0.29, 0.717) is 0 Å². The number of aromatic amines is 1. The molecule has 2 rings (SSSR count).